The molecule has 1 N–H and O–H groups in total. The van der Waals surface area contributed by atoms with Crippen molar-refractivity contribution in [1.29, 1.82) is 0 Å². The molecule has 2 nitrogen and oxygen atoms in total. The Morgan fingerprint density at radius 2 is 2.38 bits per heavy atom. The molecular formula is C11H10BrClO2S. The predicted molar refractivity (Wildman–Crippen MR) is 69.2 cm³/mol. The number of halogens is 2. The fourth-order valence-corrected chi connectivity index (χ4v) is 3.27. The molecule has 2 aromatic heterocycles. The van der Waals surface area contributed by atoms with E-state index in [-0.39, 0.29) is 0 Å². The first-order chi connectivity index (χ1) is 7.63. The predicted octanol–water partition coefficient (Wildman–Crippen LogP) is 4.40. The van der Waals surface area contributed by atoms with Crippen molar-refractivity contribution in [2.24, 2.45) is 0 Å². The van der Waals surface area contributed by atoms with E-state index in [1.807, 2.05) is 13.0 Å². The number of rotatable bonds is 3. The zero-order valence-electron chi connectivity index (χ0n) is 8.54. The van der Waals surface area contributed by atoms with Crippen molar-refractivity contribution in [3.63, 3.8) is 0 Å². The number of thiophene rings is 1. The minimum absolute atomic E-state index is 0.649. The Kier molecular flexibility index (Phi) is 3.74. The maximum absolute atomic E-state index is 10.2. The first kappa shape index (κ1) is 12.2. The van der Waals surface area contributed by atoms with E-state index in [1.165, 1.54) is 11.3 Å². The summed E-state index contributed by atoms with van der Waals surface area (Å²) in [5, 5.41) is 10.2. The number of hydrogen-bond donors (Lipinski definition) is 1. The molecule has 0 spiro atoms. The van der Waals surface area contributed by atoms with Crippen LogP contribution in [0, 0.1) is 0 Å². The summed E-state index contributed by atoms with van der Waals surface area (Å²) in [4.78, 5) is 0.813. The summed E-state index contributed by atoms with van der Waals surface area (Å²) in [5.41, 5.74) is 0.813. The SMILES string of the molecule is CCc1occc1C(O)c1cc(Br)c(Cl)s1. The van der Waals surface area contributed by atoms with Gasteiger partial charge in [-0.3, -0.25) is 0 Å². The summed E-state index contributed by atoms with van der Waals surface area (Å²) in [5.74, 6) is 0.813. The van der Waals surface area contributed by atoms with Crippen LogP contribution in [0.2, 0.25) is 4.34 Å². The van der Waals surface area contributed by atoms with E-state index < -0.39 is 6.10 Å². The van der Waals surface area contributed by atoms with Crippen LogP contribution in [0.25, 0.3) is 0 Å². The van der Waals surface area contributed by atoms with Gasteiger partial charge in [0.05, 0.1) is 6.26 Å². The van der Waals surface area contributed by atoms with Gasteiger partial charge in [-0.2, -0.15) is 0 Å². The highest BCUT2D eigenvalue weighted by molar-refractivity contribution is 9.10. The lowest BCUT2D eigenvalue weighted by Crippen LogP contribution is -1.98. The molecule has 0 aromatic carbocycles. The van der Waals surface area contributed by atoms with E-state index in [2.05, 4.69) is 15.9 Å². The summed E-state index contributed by atoms with van der Waals surface area (Å²) in [6, 6.07) is 3.63. The smallest absolute Gasteiger partial charge is 0.117 e. The third-order valence-corrected chi connectivity index (χ3v) is 4.86. The van der Waals surface area contributed by atoms with Crippen molar-refractivity contribution >= 4 is 38.9 Å². The Bertz CT molecular complexity index is 472. The van der Waals surface area contributed by atoms with Crippen LogP contribution in [-0.2, 0) is 6.42 Å². The summed E-state index contributed by atoms with van der Waals surface area (Å²) < 4.78 is 6.76. The molecule has 0 saturated heterocycles. The Labute approximate surface area is 111 Å². The Hall–Kier alpha value is -0.290. The second-order valence-electron chi connectivity index (χ2n) is 3.33. The van der Waals surface area contributed by atoms with Crippen molar-refractivity contribution in [3.8, 4) is 0 Å². The van der Waals surface area contributed by atoms with Gasteiger partial charge < -0.3 is 9.52 Å². The largest absolute Gasteiger partial charge is 0.469 e. The molecule has 0 bridgehead atoms. The highest BCUT2D eigenvalue weighted by Gasteiger charge is 2.19. The first-order valence-corrected chi connectivity index (χ1v) is 6.81. The number of hydrogen-bond acceptors (Lipinski definition) is 3. The van der Waals surface area contributed by atoms with E-state index in [0.29, 0.717) is 4.34 Å². The molecule has 0 aliphatic heterocycles. The fourth-order valence-electron chi connectivity index (χ4n) is 1.53. The lowest BCUT2D eigenvalue weighted by atomic mass is 10.1. The molecule has 2 heterocycles. The average Bonchev–Trinajstić information content (AvgIpc) is 2.85. The molecule has 5 heteroatoms. The third kappa shape index (κ3) is 2.20. The topological polar surface area (TPSA) is 33.4 Å². The van der Waals surface area contributed by atoms with E-state index in [9.17, 15) is 5.11 Å². The van der Waals surface area contributed by atoms with Gasteiger partial charge in [0.15, 0.2) is 0 Å². The first-order valence-electron chi connectivity index (χ1n) is 4.82. The minimum Gasteiger partial charge on any atom is -0.469 e. The molecule has 0 aliphatic rings. The standard InChI is InChI=1S/C11H10BrClO2S/c1-2-8-6(3-4-15-8)10(14)9-5-7(12)11(13)16-9/h3-5,10,14H,2H2,1H3. The maximum Gasteiger partial charge on any atom is 0.117 e. The van der Waals surface area contributed by atoms with Gasteiger partial charge >= 0.3 is 0 Å². The highest BCUT2D eigenvalue weighted by atomic mass is 79.9. The van der Waals surface area contributed by atoms with Crippen LogP contribution in [0.15, 0.2) is 27.3 Å². The van der Waals surface area contributed by atoms with Crippen LogP contribution in [0.4, 0.5) is 0 Å². The lowest BCUT2D eigenvalue weighted by molar-refractivity contribution is 0.221. The van der Waals surface area contributed by atoms with Gasteiger partial charge in [0, 0.05) is 21.3 Å². The zero-order valence-corrected chi connectivity index (χ0v) is 11.7. The van der Waals surface area contributed by atoms with E-state index in [1.54, 1.807) is 12.3 Å². The molecule has 86 valence electrons. The van der Waals surface area contributed by atoms with Gasteiger partial charge in [0.1, 0.15) is 16.2 Å². The Morgan fingerprint density at radius 1 is 1.62 bits per heavy atom. The molecule has 0 aliphatic carbocycles. The maximum atomic E-state index is 10.2. The van der Waals surface area contributed by atoms with Crippen LogP contribution in [0.1, 0.15) is 29.2 Å². The summed E-state index contributed by atoms with van der Waals surface area (Å²) >= 11 is 10.6. The van der Waals surface area contributed by atoms with E-state index in [4.69, 9.17) is 16.0 Å². The number of aliphatic hydroxyl groups excluding tert-OH is 1. The number of aliphatic hydroxyl groups is 1. The molecule has 0 radical (unpaired) electrons. The molecule has 0 amide bonds. The summed E-state index contributed by atoms with van der Waals surface area (Å²) in [6.07, 6.45) is 1.70. The summed E-state index contributed by atoms with van der Waals surface area (Å²) in [7, 11) is 0. The number of furan rings is 1. The molecule has 0 fully saturated rings. The van der Waals surface area contributed by atoms with Crippen molar-refractivity contribution < 1.29 is 9.52 Å². The zero-order chi connectivity index (χ0) is 11.7. The van der Waals surface area contributed by atoms with Gasteiger partial charge in [0.25, 0.3) is 0 Å². The number of aryl methyl sites for hydroxylation is 1. The van der Waals surface area contributed by atoms with Crippen molar-refractivity contribution in [2.75, 3.05) is 0 Å². The third-order valence-electron chi connectivity index (χ3n) is 2.33. The van der Waals surface area contributed by atoms with Crippen molar-refractivity contribution in [2.45, 2.75) is 19.4 Å². The molecule has 0 saturated carbocycles. The molecular weight excluding hydrogens is 312 g/mol. The van der Waals surface area contributed by atoms with E-state index in [0.717, 1.165) is 27.1 Å². The van der Waals surface area contributed by atoms with Gasteiger partial charge in [-0.15, -0.1) is 11.3 Å². The van der Waals surface area contributed by atoms with Crippen LogP contribution in [0.3, 0.4) is 0 Å². The van der Waals surface area contributed by atoms with Crippen LogP contribution < -0.4 is 0 Å². The summed E-state index contributed by atoms with van der Waals surface area (Å²) in [6.45, 7) is 1.99. The van der Waals surface area contributed by atoms with Gasteiger partial charge in [0.2, 0.25) is 0 Å². The quantitative estimate of drug-likeness (QED) is 0.909. The average molecular weight is 322 g/mol. The highest BCUT2D eigenvalue weighted by Crippen LogP contribution is 2.38. The van der Waals surface area contributed by atoms with E-state index >= 15 is 0 Å². The monoisotopic (exact) mass is 320 g/mol. The van der Waals surface area contributed by atoms with Crippen LogP contribution >= 0.6 is 38.9 Å². The normalized spacial score (nSPS) is 13.0. The van der Waals surface area contributed by atoms with Gasteiger partial charge in [-0.25, -0.2) is 0 Å². The Morgan fingerprint density at radius 3 is 2.94 bits per heavy atom. The molecule has 1 unspecified atom stereocenters. The second kappa shape index (κ2) is 4.92. The second-order valence-corrected chi connectivity index (χ2v) is 5.87. The Balaban J connectivity index is 2.35. The van der Waals surface area contributed by atoms with Gasteiger partial charge in [-0.05, 0) is 28.1 Å². The van der Waals surface area contributed by atoms with Crippen LogP contribution in [0.5, 0.6) is 0 Å². The molecule has 2 rings (SSSR count). The minimum atomic E-state index is -0.664. The lowest BCUT2D eigenvalue weighted by Gasteiger charge is -2.07. The van der Waals surface area contributed by atoms with Crippen molar-refractivity contribution in [3.05, 3.63) is 43.4 Å². The molecule has 16 heavy (non-hydrogen) atoms. The molecule has 2 aromatic rings. The van der Waals surface area contributed by atoms with Crippen molar-refractivity contribution in [1.82, 2.24) is 0 Å². The van der Waals surface area contributed by atoms with Gasteiger partial charge in [-0.1, -0.05) is 18.5 Å². The fraction of sp³-hybridized carbons (Fsp3) is 0.273. The van der Waals surface area contributed by atoms with Crippen LogP contribution in [-0.4, -0.2) is 5.11 Å². The molecule has 1 atom stereocenters.